The lowest BCUT2D eigenvalue weighted by atomic mass is 10.2. The summed E-state index contributed by atoms with van der Waals surface area (Å²) >= 11 is 5.91. The Balaban J connectivity index is 2.21. The molecule has 0 aliphatic rings. The van der Waals surface area contributed by atoms with Gasteiger partial charge in [0.15, 0.2) is 11.5 Å². The zero-order valence-corrected chi connectivity index (χ0v) is 12.0. The number of rotatable bonds is 6. The van der Waals surface area contributed by atoms with Gasteiger partial charge in [-0.1, -0.05) is 30.3 Å². The molecule has 0 fully saturated rings. The number of alkyl halides is 1. The first-order chi connectivity index (χ1) is 9.76. The van der Waals surface area contributed by atoms with Gasteiger partial charge in [-0.3, -0.25) is 0 Å². The third-order valence-electron chi connectivity index (χ3n) is 2.83. The summed E-state index contributed by atoms with van der Waals surface area (Å²) in [6.07, 6.45) is 0. The number of ether oxygens (including phenoxy) is 2. The molecular weight excluding hydrogens is 279 g/mol. The van der Waals surface area contributed by atoms with Crippen LogP contribution in [0.15, 0.2) is 42.5 Å². The molecular formula is C16H16ClFO2. The molecule has 2 aromatic rings. The summed E-state index contributed by atoms with van der Waals surface area (Å²) in [7, 11) is 0. The van der Waals surface area contributed by atoms with Crippen LogP contribution >= 0.6 is 11.6 Å². The molecule has 20 heavy (non-hydrogen) atoms. The second kappa shape index (κ2) is 7.15. The number of halogens is 2. The Labute approximate surface area is 123 Å². The van der Waals surface area contributed by atoms with Crippen molar-refractivity contribution in [1.82, 2.24) is 0 Å². The van der Waals surface area contributed by atoms with E-state index in [1.807, 2.05) is 25.1 Å². The van der Waals surface area contributed by atoms with Crippen LogP contribution < -0.4 is 9.47 Å². The molecule has 0 aliphatic carbocycles. The molecule has 106 valence electrons. The molecule has 0 radical (unpaired) electrons. The monoisotopic (exact) mass is 294 g/mol. The molecule has 4 heteroatoms. The van der Waals surface area contributed by atoms with Crippen molar-refractivity contribution in [2.24, 2.45) is 0 Å². The van der Waals surface area contributed by atoms with Gasteiger partial charge in [0.2, 0.25) is 0 Å². The first-order valence-corrected chi connectivity index (χ1v) is 6.96. The molecule has 2 nitrogen and oxygen atoms in total. The van der Waals surface area contributed by atoms with Gasteiger partial charge >= 0.3 is 0 Å². The van der Waals surface area contributed by atoms with Crippen molar-refractivity contribution in [3.05, 3.63) is 59.4 Å². The van der Waals surface area contributed by atoms with Crippen molar-refractivity contribution >= 4 is 11.6 Å². The predicted octanol–water partition coefficient (Wildman–Crippen LogP) is 4.54. The number of para-hydroxylation sites is 1. The fourth-order valence-corrected chi connectivity index (χ4v) is 2.08. The Morgan fingerprint density at radius 2 is 1.75 bits per heavy atom. The number of hydrogen-bond donors (Lipinski definition) is 0. The quantitative estimate of drug-likeness (QED) is 0.728. The average molecular weight is 295 g/mol. The van der Waals surface area contributed by atoms with E-state index in [0.717, 1.165) is 5.56 Å². The van der Waals surface area contributed by atoms with Crippen molar-refractivity contribution < 1.29 is 13.9 Å². The highest BCUT2D eigenvalue weighted by atomic mass is 35.5. The summed E-state index contributed by atoms with van der Waals surface area (Å²) in [6, 6.07) is 12.1. The Hall–Kier alpha value is -1.74. The molecule has 0 N–H and O–H groups in total. The highest BCUT2D eigenvalue weighted by molar-refractivity contribution is 6.17. The Morgan fingerprint density at radius 1 is 1.00 bits per heavy atom. The van der Waals surface area contributed by atoms with Crippen LogP contribution in [0.1, 0.15) is 18.1 Å². The first-order valence-electron chi connectivity index (χ1n) is 6.43. The first kappa shape index (κ1) is 14.7. The molecule has 0 saturated heterocycles. The van der Waals surface area contributed by atoms with Gasteiger partial charge in [-0.2, -0.15) is 0 Å². The maximum Gasteiger partial charge on any atom is 0.166 e. The summed E-state index contributed by atoms with van der Waals surface area (Å²) in [5.74, 6) is 1.23. The molecule has 0 bridgehead atoms. The highest BCUT2D eigenvalue weighted by Gasteiger charge is 2.11. The average Bonchev–Trinajstić information content (AvgIpc) is 2.47. The van der Waals surface area contributed by atoms with E-state index in [9.17, 15) is 4.39 Å². The third-order valence-corrected chi connectivity index (χ3v) is 3.12. The van der Waals surface area contributed by atoms with E-state index in [2.05, 4.69) is 0 Å². The van der Waals surface area contributed by atoms with Crippen molar-refractivity contribution in [3.63, 3.8) is 0 Å². The van der Waals surface area contributed by atoms with E-state index in [1.165, 1.54) is 6.07 Å². The summed E-state index contributed by atoms with van der Waals surface area (Å²) in [4.78, 5) is 0. The summed E-state index contributed by atoms with van der Waals surface area (Å²) in [6.45, 7) is 2.57. The van der Waals surface area contributed by atoms with E-state index < -0.39 is 0 Å². The minimum atomic E-state index is -0.284. The molecule has 0 atom stereocenters. The van der Waals surface area contributed by atoms with Gasteiger partial charge in [-0.05, 0) is 19.1 Å². The second-order valence-corrected chi connectivity index (χ2v) is 4.46. The lowest BCUT2D eigenvalue weighted by molar-refractivity contribution is 0.264. The summed E-state index contributed by atoms with van der Waals surface area (Å²) in [5, 5.41) is 0. The maximum absolute atomic E-state index is 13.6. The van der Waals surface area contributed by atoms with Crippen LogP contribution in [0.5, 0.6) is 11.5 Å². The standard InChI is InChI=1S/C16H16ClFO2/c1-2-19-15-9-5-7-12(10-17)16(15)20-11-13-6-3-4-8-14(13)18/h3-9H,2,10-11H2,1H3. The number of benzene rings is 2. The molecule has 0 amide bonds. The molecule has 0 heterocycles. The van der Waals surface area contributed by atoms with Crippen LogP contribution in [0, 0.1) is 5.82 Å². The van der Waals surface area contributed by atoms with Crippen molar-refractivity contribution in [1.29, 1.82) is 0 Å². The molecule has 0 unspecified atom stereocenters. The highest BCUT2D eigenvalue weighted by Crippen LogP contribution is 2.33. The largest absolute Gasteiger partial charge is 0.490 e. The van der Waals surface area contributed by atoms with Gasteiger partial charge in [0.25, 0.3) is 0 Å². The van der Waals surface area contributed by atoms with E-state index >= 15 is 0 Å². The maximum atomic E-state index is 13.6. The van der Waals surface area contributed by atoms with E-state index in [-0.39, 0.29) is 12.4 Å². The Kier molecular flexibility index (Phi) is 5.24. The Morgan fingerprint density at radius 3 is 2.45 bits per heavy atom. The van der Waals surface area contributed by atoms with E-state index in [4.69, 9.17) is 21.1 Å². The van der Waals surface area contributed by atoms with Crippen LogP contribution in [0.2, 0.25) is 0 Å². The van der Waals surface area contributed by atoms with Gasteiger partial charge < -0.3 is 9.47 Å². The smallest absolute Gasteiger partial charge is 0.166 e. The van der Waals surface area contributed by atoms with E-state index in [1.54, 1.807) is 18.2 Å². The van der Waals surface area contributed by atoms with Crippen molar-refractivity contribution in [3.8, 4) is 11.5 Å². The van der Waals surface area contributed by atoms with Crippen molar-refractivity contribution in [2.45, 2.75) is 19.4 Å². The van der Waals surface area contributed by atoms with Crippen LogP contribution in [-0.4, -0.2) is 6.61 Å². The van der Waals surface area contributed by atoms with Crippen LogP contribution in [-0.2, 0) is 12.5 Å². The van der Waals surface area contributed by atoms with Crippen LogP contribution in [0.4, 0.5) is 4.39 Å². The third kappa shape index (κ3) is 3.42. The summed E-state index contributed by atoms with van der Waals surface area (Å²) < 4.78 is 24.8. The minimum absolute atomic E-state index is 0.140. The molecule has 2 rings (SSSR count). The molecule has 0 saturated carbocycles. The normalized spacial score (nSPS) is 10.3. The van der Waals surface area contributed by atoms with Crippen LogP contribution in [0.3, 0.4) is 0 Å². The zero-order chi connectivity index (χ0) is 14.4. The molecule has 0 aliphatic heterocycles. The van der Waals surface area contributed by atoms with Gasteiger partial charge in [0, 0.05) is 11.1 Å². The number of hydrogen-bond acceptors (Lipinski definition) is 2. The summed E-state index contributed by atoms with van der Waals surface area (Å²) in [5.41, 5.74) is 1.33. The fourth-order valence-electron chi connectivity index (χ4n) is 1.86. The predicted molar refractivity (Wildman–Crippen MR) is 77.9 cm³/mol. The zero-order valence-electron chi connectivity index (χ0n) is 11.2. The van der Waals surface area contributed by atoms with E-state index in [0.29, 0.717) is 29.5 Å². The van der Waals surface area contributed by atoms with Gasteiger partial charge in [0.1, 0.15) is 12.4 Å². The van der Waals surface area contributed by atoms with Gasteiger partial charge in [0.05, 0.1) is 12.5 Å². The van der Waals surface area contributed by atoms with Crippen molar-refractivity contribution in [2.75, 3.05) is 6.61 Å². The topological polar surface area (TPSA) is 18.5 Å². The lowest BCUT2D eigenvalue weighted by Crippen LogP contribution is -2.03. The fraction of sp³-hybridized carbons (Fsp3) is 0.250. The van der Waals surface area contributed by atoms with Gasteiger partial charge in [-0.25, -0.2) is 4.39 Å². The molecule has 2 aromatic carbocycles. The van der Waals surface area contributed by atoms with Gasteiger partial charge in [-0.15, -0.1) is 11.6 Å². The Bertz CT molecular complexity index is 572. The van der Waals surface area contributed by atoms with Crippen LogP contribution in [0.25, 0.3) is 0 Å². The lowest BCUT2D eigenvalue weighted by Gasteiger charge is -2.15. The molecule has 0 spiro atoms. The second-order valence-electron chi connectivity index (χ2n) is 4.19. The molecule has 0 aromatic heterocycles. The SMILES string of the molecule is CCOc1cccc(CCl)c1OCc1ccccc1F. The minimum Gasteiger partial charge on any atom is -0.490 e.